The first-order chi connectivity index (χ1) is 8.15. The maximum Gasteiger partial charge on any atom is 0.0565 e. The summed E-state index contributed by atoms with van der Waals surface area (Å²) in [6, 6.07) is 5.07. The standard InChI is InChI=1S/C14H22N2O/c1-10-8-14(9-11(2)17-10)16-12(3)13-4-6-15-7-5-13/h4-7,10-12,14,16H,8-9H2,1-3H3/t10?,11?,12-,14?/m0/s1. The molecule has 0 aliphatic carbocycles. The van der Waals surface area contributed by atoms with Crippen molar-refractivity contribution in [2.75, 3.05) is 0 Å². The second-order valence-electron chi connectivity index (χ2n) is 5.09. The summed E-state index contributed by atoms with van der Waals surface area (Å²) in [4.78, 5) is 4.05. The first kappa shape index (κ1) is 12.5. The molecule has 1 aromatic heterocycles. The van der Waals surface area contributed by atoms with E-state index in [-0.39, 0.29) is 0 Å². The highest BCUT2D eigenvalue weighted by atomic mass is 16.5. The van der Waals surface area contributed by atoms with E-state index in [9.17, 15) is 0 Å². The van der Waals surface area contributed by atoms with Gasteiger partial charge in [-0.25, -0.2) is 0 Å². The minimum atomic E-state index is 0.362. The number of rotatable bonds is 3. The molecule has 1 fully saturated rings. The van der Waals surface area contributed by atoms with Crippen LogP contribution in [0.2, 0.25) is 0 Å². The maximum absolute atomic E-state index is 5.75. The second-order valence-corrected chi connectivity index (χ2v) is 5.09. The lowest BCUT2D eigenvalue weighted by molar-refractivity contribution is -0.0433. The molecule has 0 radical (unpaired) electrons. The molecule has 3 heteroatoms. The van der Waals surface area contributed by atoms with Gasteiger partial charge in [-0.15, -0.1) is 0 Å². The highest BCUT2D eigenvalue weighted by Crippen LogP contribution is 2.22. The number of aromatic nitrogens is 1. The molecule has 0 bridgehead atoms. The predicted molar refractivity (Wildman–Crippen MR) is 68.8 cm³/mol. The summed E-state index contributed by atoms with van der Waals surface area (Å²) < 4.78 is 5.75. The summed E-state index contributed by atoms with van der Waals surface area (Å²) in [6.07, 6.45) is 6.62. The van der Waals surface area contributed by atoms with Crippen molar-refractivity contribution in [3.63, 3.8) is 0 Å². The Balaban J connectivity index is 1.92. The van der Waals surface area contributed by atoms with Crippen LogP contribution in [0.25, 0.3) is 0 Å². The van der Waals surface area contributed by atoms with E-state index in [2.05, 4.69) is 43.2 Å². The molecule has 2 unspecified atom stereocenters. The van der Waals surface area contributed by atoms with E-state index >= 15 is 0 Å². The van der Waals surface area contributed by atoms with Crippen molar-refractivity contribution in [1.82, 2.24) is 10.3 Å². The fraction of sp³-hybridized carbons (Fsp3) is 0.643. The Bertz CT molecular complexity index is 331. The van der Waals surface area contributed by atoms with Gasteiger partial charge in [0.25, 0.3) is 0 Å². The fourth-order valence-electron chi connectivity index (χ4n) is 2.64. The predicted octanol–water partition coefficient (Wildman–Crippen LogP) is 2.69. The van der Waals surface area contributed by atoms with Gasteiger partial charge in [0.1, 0.15) is 0 Å². The summed E-state index contributed by atoms with van der Waals surface area (Å²) >= 11 is 0. The van der Waals surface area contributed by atoms with Gasteiger partial charge in [0.05, 0.1) is 12.2 Å². The number of ether oxygens (including phenoxy) is 1. The molecule has 0 amide bonds. The van der Waals surface area contributed by atoms with Crippen LogP contribution in [-0.4, -0.2) is 23.2 Å². The lowest BCUT2D eigenvalue weighted by atomic mass is 9.98. The van der Waals surface area contributed by atoms with Gasteiger partial charge in [0.2, 0.25) is 0 Å². The summed E-state index contributed by atoms with van der Waals surface area (Å²) in [6.45, 7) is 6.52. The third kappa shape index (κ3) is 3.51. The molecule has 17 heavy (non-hydrogen) atoms. The van der Waals surface area contributed by atoms with Crippen LogP contribution in [0.15, 0.2) is 24.5 Å². The third-order valence-corrected chi connectivity index (χ3v) is 3.39. The minimum Gasteiger partial charge on any atom is -0.375 e. The lowest BCUT2D eigenvalue weighted by Gasteiger charge is -2.34. The van der Waals surface area contributed by atoms with E-state index in [4.69, 9.17) is 4.74 Å². The first-order valence-electron chi connectivity index (χ1n) is 6.46. The molecule has 1 saturated heterocycles. The molecule has 1 N–H and O–H groups in total. The molecule has 1 aliphatic heterocycles. The van der Waals surface area contributed by atoms with Crippen LogP contribution in [-0.2, 0) is 4.74 Å². The third-order valence-electron chi connectivity index (χ3n) is 3.39. The van der Waals surface area contributed by atoms with Crippen LogP contribution in [0.5, 0.6) is 0 Å². The van der Waals surface area contributed by atoms with Crippen LogP contribution in [0.1, 0.15) is 45.2 Å². The Hall–Kier alpha value is -0.930. The molecule has 2 rings (SSSR count). The maximum atomic E-state index is 5.75. The van der Waals surface area contributed by atoms with E-state index in [0.717, 1.165) is 12.8 Å². The molecule has 1 aliphatic rings. The van der Waals surface area contributed by atoms with E-state index in [1.165, 1.54) is 5.56 Å². The SMILES string of the molecule is CC1CC(N[C@@H](C)c2ccncc2)CC(C)O1. The number of nitrogens with one attached hydrogen (secondary N) is 1. The van der Waals surface area contributed by atoms with E-state index in [0.29, 0.717) is 24.3 Å². The highest BCUT2D eigenvalue weighted by molar-refractivity contribution is 5.14. The van der Waals surface area contributed by atoms with Gasteiger partial charge in [-0.2, -0.15) is 0 Å². The Labute approximate surface area is 104 Å². The zero-order valence-electron chi connectivity index (χ0n) is 10.9. The lowest BCUT2D eigenvalue weighted by Crippen LogP contribution is -2.42. The summed E-state index contributed by atoms with van der Waals surface area (Å²) in [5, 5.41) is 3.69. The Morgan fingerprint density at radius 3 is 2.41 bits per heavy atom. The fourth-order valence-corrected chi connectivity index (χ4v) is 2.64. The van der Waals surface area contributed by atoms with E-state index in [1.54, 1.807) is 0 Å². The summed E-state index contributed by atoms with van der Waals surface area (Å²) in [5.74, 6) is 0. The molecule has 94 valence electrons. The van der Waals surface area contributed by atoms with Crippen LogP contribution in [0.3, 0.4) is 0 Å². The molecule has 1 aromatic rings. The Morgan fingerprint density at radius 2 is 1.82 bits per heavy atom. The molecule has 0 saturated carbocycles. The smallest absolute Gasteiger partial charge is 0.0565 e. The normalized spacial score (nSPS) is 31.1. The van der Waals surface area contributed by atoms with E-state index < -0.39 is 0 Å². The van der Waals surface area contributed by atoms with Gasteiger partial charge in [-0.05, 0) is 51.3 Å². The largest absolute Gasteiger partial charge is 0.375 e. The van der Waals surface area contributed by atoms with Crippen molar-refractivity contribution in [3.8, 4) is 0 Å². The number of nitrogens with zero attached hydrogens (tertiary/aromatic N) is 1. The number of hydrogen-bond acceptors (Lipinski definition) is 3. The average Bonchev–Trinajstić information content (AvgIpc) is 2.28. The van der Waals surface area contributed by atoms with Gasteiger partial charge < -0.3 is 10.1 Å². The van der Waals surface area contributed by atoms with Crippen molar-refractivity contribution in [3.05, 3.63) is 30.1 Å². The van der Waals surface area contributed by atoms with E-state index in [1.807, 2.05) is 12.4 Å². The van der Waals surface area contributed by atoms with Gasteiger partial charge in [0, 0.05) is 24.5 Å². The highest BCUT2D eigenvalue weighted by Gasteiger charge is 2.25. The summed E-state index contributed by atoms with van der Waals surface area (Å²) in [5.41, 5.74) is 1.30. The van der Waals surface area contributed by atoms with Crippen molar-refractivity contribution >= 4 is 0 Å². The number of pyridine rings is 1. The van der Waals surface area contributed by atoms with Gasteiger partial charge >= 0.3 is 0 Å². The second kappa shape index (κ2) is 5.61. The first-order valence-corrected chi connectivity index (χ1v) is 6.46. The molecule has 3 nitrogen and oxygen atoms in total. The quantitative estimate of drug-likeness (QED) is 0.873. The molecule has 2 heterocycles. The van der Waals surface area contributed by atoms with Crippen LogP contribution in [0, 0.1) is 0 Å². The topological polar surface area (TPSA) is 34.2 Å². The Morgan fingerprint density at radius 1 is 1.24 bits per heavy atom. The molecule has 0 spiro atoms. The van der Waals surface area contributed by atoms with Crippen molar-refractivity contribution in [1.29, 1.82) is 0 Å². The van der Waals surface area contributed by atoms with Crippen molar-refractivity contribution in [2.45, 2.75) is 57.9 Å². The zero-order valence-corrected chi connectivity index (χ0v) is 10.9. The van der Waals surface area contributed by atoms with Gasteiger partial charge in [-0.3, -0.25) is 4.98 Å². The number of hydrogen-bond donors (Lipinski definition) is 1. The molecular formula is C14H22N2O. The average molecular weight is 234 g/mol. The van der Waals surface area contributed by atoms with Gasteiger partial charge in [-0.1, -0.05) is 0 Å². The summed E-state index contributed by atoms with van der Waals surface area (Å²) in [7, 11) is 0. The molecular weight excluding hydrogens is 212 g/mol. The zero-order chi connectivity index (χ0) is 12.3. The Kier molecular flexibility index (Phi) is 4.13. The monoisotopic (exact) mass is 234 g/mol. The molecule has 3 atom stereocenters. The van der Waals surface area contributed by atoms with Crippen molar-refractivity contribution < 1.29 is 4.74 Å². The van der Waals surface area contributed by atoms with Crippen LogP contribution < -0.4 is 5.32 Å². The van der Waals surface area contributed by atoms with Crippen molar-refractivity contribution in [2.24, 2.45) is 0 Å². The van der Waals surface area contributed by atoms with Crippen LogP contribution in [0.4, 0.5) is 0 Å². The minimum absolute atomic E-state index is 0.362. The molecule has 0 aromatic carbocycles. The van der Waals surface area contributed by atoms with Crippen LogP contribution >= 0.6 is 0 Å². The van der Waals surface area contributed by atoms with Gasteiger partial charge in [0.15, 0.2) is 0 Å².